The number of carbonyl (C=O) groups excluding carboxylic acids is 1. The summed E-state index contributed by atoms with van der Waals surface area (Å²) in [7, 11) is 0. The summed E-state index contributed by atoms with van der Waals surface area (Å²) in [6.07, 6.45) is 0. The summed E-state index contributed by atoms with van der Waals surface area (Å²) in [6.45, 7) is 3.80. The molecule has 1 saturated heterocycles. The Morgan fingerprint density at radius 2 is 2.26 bits per heavy atom. The Morgan fingerprint density at radius 3 is 2.95 bits per heavy atom. The SMILES string of the molecule is CC(c1cc(O)ccc1O)N1CCNCC1C(N)=O. The summed E-state index contributed by atoms with van der Waals surface area (Å²) >= 11 is 0. The Labute approximate surface area is 111 Å². The minimum Gasteiger partial charge on any atom is -0.508 e. The van der Waals surface area contributed by atoms with Crippen molar-refractivity contribution >= 4 is 5.91 Å². The molecule has 0 spiro atoms. The van der Waals surface area contributed by atoms with Crippen LogP contribution in [0.5, 0.6) is 11.5 Å². The zero-order valence-electron chi connectivity index (χ0n) is 10.8. The number of phenolic OH excluding ortho intramolecular Hbond substituents is 2. The molecule has 1 aliphatic heterocycles. The second kappa shape index (κ2) is 5.46. The first-order valence-corrected chi connectivity index (χ1v) is 6.28. The fourth-order valence-electron chi connectivity index (χ4n) is 2.50. The molecule has 2 rings (SSSR count). The lowest BCUT2D eigenvalue weighted by Gasteiger charge is -2.38. The Kier molecular flexibility index (Phi) is 3.92. The molecular weight excluding hydrogens is 246 g/mol. The first kappa shape index (κ1) is 13.6. The first-order valence-electron chi connectivity index (χ1n) is 6.28. The Balaban J connectivity index is 2.28. The highest BCUT2D eigenvalue weighted by Gasteiger charge is 2.31. The van der Waals surface area contributed by atoms with Crippen LogP contribution < -0.4 is 11.1 Å². The van der Waals surface area contributed by atoms with Gasteiger partial charge in [0.15, 0.2) is 0 Å². The predicted molar refractivity (Wildman–Crippen MR) is 70.7 cm³/mol. The number of rotatable bonds is 3. The third-order valence-corrected chi connectivity index (χ3v) is 3.57. The number of benzene rings is 1. The highest BCUT2D eigenvalue weighted by Crippen LogP contribution is 2.32. The maximum absolute atomic E-state index is 11.5. The molecule has 1 aromatic rings. The number of hydrogen-bond acceptors (Lipinski definition) is 5. The number of aromatic hydroxyl groups is 2. The van der Waals surface area contributed by atoms with Crippen molar-refractivity contribution in [2.45, 2.75) is 19.0 Å². The number of nitrogens with two attached hydrogens (primary N) is 1. The smallest absolute Gasteiger partial charge is 0.236 e. The lowest BCUT2D eigenvalue weighted by molar-refractivity contribution is -0.124. The average Bonchev–Trinajstić information content (AvgIpc) is 2.40. The predicted octanol–water partition coefficient (Wildman–Crippen LogP) is -0.0821. The average molecular weight is 265 g/mol. The molecule has 1 aliphatic rings. The minimum absolute atomic E-state index is 0.0883. The Morgan fingerprint density at radius 1 is 1.53 bits per heavy atom. The zero-order valence-corrected chi connectivity index (χ0v) is 10.8. The number of hydrogen-bond donors (Lipinski definition) is 4. The van der Waals surface area contributed by atoms with Gasteiger partial charge in [-0.1, -0.05) is 0 Å². The molecule has 0 bridgehead atoms. The highest BCUT2D eigenvalue weighted by atomic mass is 16.3. The van der Waals surface area contributed by atoms with Crippen LogP contribution in [0.1, 0.15) is 18.5 Å². The molecule has 0 aromatic heterocycles. The molecular formula is C13H19N3O3. The lowest BCUT2D eigenvalue weighted by Crippen LogP contribution is -2.57. The van der Waals surface area contributed by atoms with Crippen LogP contribution in [-0.2, 0) is 4.79 Å². The van der Waals surface area contributed by atoms with Crippen LogP contribution >= 0.6 is 0 Å². The molecule has 6 nitrogen and oxygen atoms in total. The fraction of sp³-hybridized carbons (Fsp3) is 0.462. The van der Waals surface area contributed by atoms with E-state index in [1.165, 1.54) is 18.2 Å². The number of nitrogens with zero attached hydrogens (tertiary/aromatic N) is 1. The molecule has 1 fully saturated rings. The van der Waals surface area contributed by atoms with Gasteiger partial charge in [0.25, 0.3) is 0 Å². The Hall–Kier alpha value is -1.79. The summed E-state index contributed by atoms with van der Waals surface area (Å²) in [4.78, 5) is 13.4. The van der Waals surface area contributed by atoms with Crippen LogP contribution in [0, 0.1) is 0 Å². The number of nitrogens with one attached hydrogen (secondary N) is 1. The fourth-order valence-corrected chi connectivity index (χ4v) is 2.50. The van der Waals surface area contributed by atoms with E-state index in [9.17, 15) is 15.0 Å². The highest BCUT2D eigenvalue weighted by molar-refractivity contribution is 5.80. The van der Waals surface area contributed by atoms with E-state index in [2.05, 4.69) is 5.32 Å². The molecule has 1 heterocycles. The van der Waals surface area contributed by atoms with E-state index >= 15 is 0 Å². The quantitative estimate of drug-likeness (QED) is 0.573. The van der Waals surface area contributed by atoms with E-state index in [1.54, 1.807) is 0 Å². The standard InChI is InChI=1S/C13H19N3O3/c1-8(10-6-9(17)2-3-12(10)18)16-5-4-15-7-11(16)13(14)19/h2-3,6,8,11,15,17-18H,4-5,7H2,1H3,(H2,14,19). The molecule has 0 aliphatic carbocycles. The topological polar surface area (TPSA) is 98.8 Å². The van der Waals surface area contributed by atoms with Crippen LogP contribution in [0.25, 0.3) is 0 Å². The normalized spacial score (nSPS) is 22.1. The van der Waals surface area contributed by atoms with Crippen molar-refractivity contribution in [3.63, 3.8) is 0 Å². The first-order chi connectivity index (χ1) is 9.00. The maximum Gasteiger partial charge on any atom is 0.236 e. The van der Waals surface area contributed by atoms with E-state index < -0.39 is 11.9 Å². The molecule has 0 saturated carbocycles. The number of carbonyl (C=O) groups is 1. The van der Waals surface area contributed by atoms with Crippen molar-refractivity contribution < 1.29 is 15.0 Å². The summed E-state index contributed by atoms with van der Waals surface area (Å²) in [5, 5.41) is 22.5. The van der Waals surface area contributed by atoms with E-state index in [0.29, 0.717) is 18.7 Å². The van der Waals surface area contributed by atoms with Crippen LogP contribution in [0.3, 0.4) is 0 Å². The van der Waals surface area contributed by atoms with E-state index in [0.717, 1.165) is 6.54 Å². The van der Waals surface area contributed by atoms with E-state index in [4.69, 9.17) is 5.73 Å². The molecule has 19 heavy (non-hydrogen) atoms. The van der Waals surface area contributed by atoms with Crippen molar-refractivity contribution in [1.82, 2.24) is 10.2 Å². The van der Waals surface area contributed by atoms with Crippen molar-refractivity contribution in [3.8, 4) is 11.5 Å². The van der Waals surface area contributed by atoms with E-state index in [1.807, 2.05) is 11.8 Å². The third kappa shape index (κ3) is 2.80. The largest absolute Gasteiger partial charge is 0.508 e. The van der Waals surface area contributed by atoms with Gasteiger partial charge in [0.1, 0.15) is 17.5 Å². The van der Waals surface area contributed by atoms with Gasteiger partial charge in [-0.05, 0) is 25.1 Å². The van der Waals surface area contributed by atoms with Gasteiger partial charge in [-0.3, -0.25) is 9.69 Å². The van der Waals surface area contributed by atoms with Crippen LogP contribution in [0.15, 0.2) is 18.2 Å². The minimum atomic E-state index is -0.412. The van der Waals surface area contributed by atoms with Crippen LogP contribution in [0.2, 0.25) is 0 Å². The summed E-state index contributed by atoms with van der Waals surface area (Å²) in [5.74, 6) is -0.198. The van der Waals surface area contributed by atoms with Crippen molar-refractivity contribution in [3.05, 3.63) is 23.8 Å². The maximum atomic E-state index is 11.5. The van der Waals surface area contributed by atoms with Crippen molar-refractivity contribution in [1.29, 1.82) is 0 Å². The van der Waals surface area contributed by atoms with Gasteiger partial charge in [-0.25, -0.2) is 0 Å². The molecule has 1 amide bonds. The van der Waals surface area contributed by atoms with Gasteiger partial charge >= 0.3 is 0 Å². The number of phenols is 2. The van der Waals surface area contributed by atoms with Crippen LogP contribution in [0.4, 0.5) is 0 Å². The molecule has 6 heteroatoms. The molecule has 5 N–H and O–H groups in total. The third-order valence-electron chi connectivity index (χ3n) is 3.57. The molecule has 0 radical (unpaired) electrons. The van der Waals surface area contributed by atoms with Gasteiger partial charge in [-0.15, -0.1) is 0 Å². The molecule has 104 valence electrons. The molecule has 2 unspecified atom stereocenters. The van der Waals surface area contributed by atoms with Gasteiger partial charge in [0, 0.05) is 31.2 Å². The van der Waals surface area contributed by atoms with Gasteiger partial charge < -0.3 is 21.3 Å². The van der Waals surface area contributed by atoms with Gasteiger partial charge in [-0.2, -0.15) is 0 Å². The Bertz CT molecular complexity index is 478. The van der Waals surface area contributed by atoms with Gasteiger partial charge in [0.2, 0.25) is 5.91 Å². The summed E-state index contributed by atoms with van der Waals surface area (Å²) < 4.78 is 0. The molecule has 2 atom stereocenters. The number of piperazine rings is 1. The number of amides is 1. The lowest BCUT2D eigenvalue weighted by atomic mass is 10.0. The zero-order chi connectivity index (χ0) is 14.0. The molecule has 1 aromatic carbocycles. The van der Waals surface area contributed by atoms with E-state index in [-0.39, 0.29) is 17.5 Å². The second-order valence-corrected chi connectivity index (χ2v) is 4.78. The summed E-state index contributed by atoms with van der Waals surface area (Å²) in [5.41, 5.74) is 6.00. The summed E-state index contributed by atoms with van der Waals surface area (Å²) in [6, 6.07) is 3.77. The van der Waals surface area contributed by atoms with Crippen LogP contribution in [-0.4, -0.2) is 46.7 Å². The number of primary amides is 1. The van der Waals surface area contributed by atoms with Crippen molar-refractivity contribution in [2.75, 3.05) is 19.6 Å². The second-order valence-electron chi connectivity index (χ2n) is 4.78. The van der Waals surface area contributed by atoms with Gasteiger partial charge in [0.05, 0.1) is 0 Å². The van der Waals surface area contributed by atoms with Crippen molar-refractivity contribution in [2.24, 2.45) is 5.73 Å². The monoisotopic (exact) mass is 265 g/mol.